The van der Waals surface area contributed by atoms with Crippen LogP contribution >= 0.6 is 0 Å². The van der Waals surface area contributed by atoms with Crippen LogP contribution in [0.3, 0.4) is 0 Å². The van der Waals surface area contributed by atoms with Crippen molar-refractivity contribution in [3.8, 4) is 11.5 Å². The SMILES string of the molecule is COc1cc(CN)cc(OCc2ccc(C(C)C)cc2)c1. The highest BCUT2D eigenvalue weighted by atomic mass is 16.5. The molecule has 0 aromatic heterocycles. The van der Waals surface area contributed by atoms with Crippen molar-refractivity contribution in [1.29, 1.82) is 0 Å². The lowest BCUT2D eigenvalue weighted by Gasteiger charge is -2.11. The topological polar surface area (TPSA) is 44.5 Å². The van der Waals surface area contributed by atoms with Gasteiger partial charge in [0.1, 0.15) is 18.1 Å². The Morgan fingerprint density at radius 2 is 1.62 bits per heavy atom. The van der Waals surface area contributed by atoms with Crippen LogP contribution in [0.5, 0.6) is 11.5 Å². The maximum Gasteiger partial charge on any atom is 0.123 e. The van der Waals surface area contributed by atoms with Gasteiger partial charge in [0, 0.05) is 12.6 Å². The summed E-state index contributed by atoms with van der Waals surface area (Å²) in [6.07, 6.45) is 0. The summed E-state index contributed by atoms with van der Waals surface area (Å²) in [4.78, 5) is 0. The van der Waals surface area contributed by atoms with Gasteiger partial charge in [0.05, 0.1) is 7.11 Å². The number of benzene rings is 2. The Labute approximate surface area is 126 Å². The van der Waals surface area contributed by atoms with Crippen LogP contribution in [0.4, 0.5) is 0 Å². The molecule has 2 aromatic carbocycles. The largest absolute Gasteiger partial charge is 0.497 e. The average molecular weight is 285 g/mol. The second-order valence-electron chi connectivity index (χ2n) is 5.41. The van der Waals surface area contributed by atoms with E-state index in [0.717, 1.165) is 22.6 Å². The number of methoxy groups -OCH3 is 1. The number of hydrogen-bond donors (Lipinski definition) is 1. The van der Waals surface area contributed by atoms with Gasteiger partial charge in [-0.25, -0.2) is 0 Å². The lowest BCUT2D eigenvalue weighted by molar-refractivity contribution is 0.303. The first-order chi connectivity index (χ1) is 10.1. The van der Waals surface area contributed by atoms with Gasteiger partial charge in [-0.15, -0.1) is 0 Å². The van der Waals surface area contributed by atoms with Gasteiger partial charge in [0.15, 0.2) is 0 Å². The van der Waals surface area contributed by atoms with Crippen molar-refractivity contribution in [1.82, 2.24) is 0 Å². The molecule has 0 atom stereocenters. The fourth-order valence-corrected chi connectivity index (χ4v) is 2.12. The number of ether oxygens (including phenoxy) is 2. The van der Waals surface area contributed by atoms with Gasteiger partial charge in [-0.1, -0.05) is 38.1 Å². The zero-order valence-electron chi connectivity index (χ0n) is 12.9. The highest BCUT2D eigenvalue weighted by Crippen LogP contribution is 2.23. The van der Waals surface area contributed by atoms with Crippen LogP contribution in [0.2, 0.25) is 0 Å². The Bertz CT molecular complexity index is 554. The summed E-state index contributed by atoms with van der Waals surface area (Å²) < 4.78 is 11.1. The van der Waals surface area contributed by atoms with E-state index in [2.05, 4.69) is 38.1 Å². The summed E-state index contributed by atoms with van der Waals surface area (Å²) in [6, 6.07) is 14.3. The molecule has 112 valence electrons. The molecule has 0 saturated carbocycles. The van der Waals surface area contributed by atoms with E-state index in [4.69, 9.17) is 15.2 Å². The average Bonchev–Trinajstić information content (AvgIpc) is 2.52. The van der Waals surface area contributed by atoms with Crippen molar-refractivity contribution < 1.29 is 9.47 Å². The van der Waals surface area contributed by atoms with Crippen molar-refractivity contribution in [2.24, 2.45) is 5.73 Å². The maximum absolute atomic E-state index is 5.84. The Morgan fingerprint density at radius 1 is 0.952 bits per heavy atom. The summed E-state index contributed by atoms with van der Waals surface area (Å²) in [5.74, 6) is 2.09. The molecule has 0 saturated heterocycles. The molecule has 3 heteroatoms. The summed E-state index contributed by atoms with van der Waals surface area (Å²) in [5, 5.41) is 0. The van der Waals surface area contributed by atoms with Crippen molar-refractivity contribution in [2.45, 2.75) is 32.9 Å². The van der Waals surface area contributed by atoms with Gasteiger partial charge >= 0.3 is 0 Å². The summed E-state index contributed by atoms with van der Waals surface area (Å²) in [6.45, 7) is 5.39. The fourth-order valence-electron chi connectivity index (χ4n) is 2.12. The van der Waals surface area contributed by atoms with Crippen LogP contribution < -0.4 is 15.2 Å². The third-order valence-corrected chi connectivity index (χ3v) is 3.46. The molecule has 0 aliphatic heterocycles. The van der Waals surface area contributed by atoms with Crippen LogP contribution in [-0.4, -0.2) is 7.11 Å². The van der Waals surface area contributed by atoms with E-state index in [0.29, 0.717) is 19.1 Å². The molecule has 2 aromatic rings. The molecule has 2 rings (SSSR count). The molecule has 0 amide bonds. The molecular weight excluding hydrogens is 262 g/mol. The van der Waals surface area contributed by atoms with Crippen LogP contribution in [0.25, 0.3) is 0 Å². The molecule has 0 bridgehead atoms. The zero-order chi connectivity index (χ0) is 15.2. The summed E-state index contributed by atoms with van der Waals surface area (Å²) in [5.41, 5.74) is 9.17. The predicted molar refractivity (Wildman–Crippen MR) is 85.7 cm³/mol. The Kier molecular flexibility index (Phi) is 5.23. The normalized spacial score (nSPS) is 10.7. The first kappa shape index (κ1) is 15.4. The van der Waals surface area contributed by atoms with Crippen LogP contribution in [0.1, 0.15) is 36.5 Å². The van der Waals surface area contributed by atoms with Crippen molar-refractivity contribution in [2.75, 3.05) is 7.11 Å². The van der Waals surface area contributed by atoms with Gasteiger partial charge in [-0.3, -0.25) is 0 Å². The molecular formula is C18H23NO2. The van der Waals surface area contributed by atoms with Gasteiger partial charge in [-0.05, 0) is 34.7 Å². The minimum atomic E-state index is 0.469. The quantitative estimate of drug-likeness (QED) is 0.876. The molecule has 21 heavy (non-hydrogen) atoms. The molecule has 0 aliphatic rings. The minimum Gasteiger partial charge on any atom is -0.497 e. The highest BCUT2D eigenvalue weighted by molar-refractivity contribution is 5.38. The molecule has 2 N–H and O–H groups in total. The number of hydrogen-bond acceptors (Lipinski definition) is 3. The van der Waals surface area contributed by atoms with Crippen molar-refractivity contribution in [3.63, 3.8) is 0 Å². The molecule has 0 heterocycles. The monoisotopic (exact) mass is 285 g/mol. The number of nitrogens with two attached hydrogens (primary N) is 1. The van der Waals surface area contributed by atoms with Crippen molar-refractivity contribution >= 4 is 0 Å². The molecule has 0 aliphatic carbocycles. The summed E-state index contributed by atoms with van der Waals surface area (Å²) >= 11 is 0. The van der Waals surface area contributed by atoms with Crippen LogP contribution in [0.15, 0.2) is 42.5 Å². The van der Waals surface area contributed by atoms with E-state index in [-0.39, 0.29) is 0 Å². The highest BCUT2D eigenvalue weighted by Gasteiger charge is 2.03. The van der Waals surface area contributed by atoms with E-state index >= 15 is 0 Å². The Morgan fingerprint density at radius 3 is 2.19 bits per heavy atom. The first-order valence-electron chi connectivity index (χ1n) is 7.22. The van der Waals surface area contributed by atoms with Gasteiger partial charge in [0.2, 0.25) is 0 Å². The zero-order valence-corrected chi connectivity index (χ0v) is 12.9. The molecule has 0 unspecified atom stereocenters. The van der Waals surface area contributed by atoms with Crippen molar-refractivity contribution in [3.05, 3.63) is 59.2 Å². The van der Waals surface area contributed by atoms with Gasteiger partial charge < -0.3 is 15.2 Å². The van der Waals surface area contributed by atoms with Gasteiger partial charge in [-0.2, -0.15) is 0 Å². The lowest BCUT2D eigenvalue weighted by Crippen LogP contribution is -2.00. The number of rotatable bonds is 6. The van der Waals surface area contributed by atoms with E-state index in [9.17, 15) is 0 Å². The fraction of sp³-hybridized carbons (Fsp3) is 0.333. The third-order valence-electron chi connectivity index (χ3n) is 3.46. The minimum absolute atomic E-state index is 0.469. The predicted octanol–water partition coefficient (Wildman–Crippen LogP) is 3.86. The molecule has 0 fully saturated rings. The van der Waals surface area contributed by atoms with Crippen LogP contribution in [0, 0.1) is 0 Å². The van der Waals surface area contributed by atoms with Crippen LogP contribution in [-0.2, 0) is 13.2 Å². The van der Waals surface area contributed by atoms with E-state index in [1.807, 2.05) is 18.2 Å². The van der Waals surface area contributed by atoms with E-state index in [1.165, 1.54) is 5.56 Å². The van der Waals surface area contributed by atoms with E-state index in [1.54, 1.807) is 7.11 Å². The molecule has 3 nitrogen and oxygen atoms in total. The molecule has 0 spiro atoms. The first-order valence-corrected chi connectivity index (χ1v) is 7.22. The Hall–Kier alpha value is -2.00. The lowest BCUT2D eigenvalue weighted by atomic mass is 10.0. The second kappa shape index (κ2) is 7.14. The standard InChI is InChI=1S/C18H23NO2/c1-13(2)16-6-4-14(5-7-16)12-21-18-9-15(11-19)8-17(10-18)20-3/h4-10,13H,11-12,19H2,1-3H3. The summed E-state index contributed by atoms with van der Waals surface area (Å²) in [7, 11) is 1.64. The Balaban J connectivity index is 2.05. The maximum atomic E-state index is 5.84. The second-order valence-corrected chi connectivity index (χ2v) is 5.41. The smallest absolute Gasteiger partial charge is 0.123 e. The third kappa shape index (κ3) is 4.23. The van der Waals surface area contributed by atoms with E-state index < -0.39 is 0 Å². The van der Waals surface area contributed by atoms with Gasteiger partial charge in [0.25, 0.3) is 0 Å². The molecule has 0 radical (unpaired) electrons.